The summed E-state index contributed by atoms with van der Waals surface area (Å²) in [5.74, 6) is 1.05. The topological polar surface area (TPSA) is 55.8 Å². The fourth-order valence-electron chi connectivity index (χ4n) is 2.09. The van der Waals surface area contributed by atoms with Crippen LogP contribution < -0.4 is 9.47 Å². The summed E-state index contributed by atoms with van der Waals surface area (Å²) in [5, 5.41) is -0.274. The molecule has 0 N–H and O–H groups in total. The number of imide groups is 1. The number of nitrogens with zero attached hydrogens (tertiary/aromatic N) is 1. The Morgan fingerprint density at radius 1 is 1.24 bits per heavy atom. The third-order valence-electron chi connectivity index (χ3n) is 3.05. The van der Waals surface area contributed by atoms with E-state index < -0.39 is 0 Å². The predicted octanol–water partition coefficient (Wildman–Crippen LogP) is 2.68. The molecule has 0 unspecified atom stereocenters. The van der Waals surface area contributed by atoms with Gasteiger partial charge in [-0.05, 0) is 35.5 Å². The van der Waals surface area contributed by atoms with Crippen LogP contribution in [-0.4, -0.2) is 35.8 Å². The van der Waals surface area contributed by atoms with E-state index in [9.17, 15) is 9.59 Å². The summed E-state index contributed by atoms with van der Waals surface area (Å²) in [4.78, 5) is 25.4. The third-order valence-corrected chi connectivity index (χ3v) is 3.96. The Balaban J connectivity index is 1.87. The molecule has 1 aromatic rings. The second kappa shape index (κ2) is 5.65. The highest BCUT2D eigenvalue weighted by atomic mass is 32.2. The highest BCUT2D eigenvalue weighted by Gasteiger charge is 2.34. The molecule has 2 amide bonds. The predicted molar refractivity (Wildman–Crippen MR) is 80.3 cm³/mol. The number of fused-ring (bicyclic) bond motifs is 1. The quantitative estimate of drug-likeness (QED) is 0.635. The van der Waals surface area contributed by atoms with Gasteiger partial charge in [0.2, 0.25) is 0 Å². The molecule has 2 aliphatic heterocycles. The van der Waals surface area contributed by atoms with Crippen molar-refractivity contribution in [3.8, 4) is 11.5 Å². The molecule has 2 aliphatic rings. The third kappa shape index (κ3) is 2.67. The highest BCUT2D eigenvalue weighted by Crippen LogP contribution is 2.35. The standard InChI is InChI=1S/C15H13NO4S/c1-2-5-16-14(17)13(21-15(16)18)9-10-3-4-11-12(8-10)20-7-6-19-11/h2-4,8-9H,1,5-7H2/b13-9-. The van der Waals surface area contributed by atoms with Gasteiger partial charge in [-0.15, -0.1) is 6.58 Å². The van der Waals surface area contributed by atoms with Gasteiger partial charge in [-0.25, -0.2) is 0 Å². The van der Waals surface area contributed by atoms with Crippen LogP contribution in [0.4, 0.5) is 4.79 Å². The molecule has 21 heavy (non-hydrogen) atoms. The number of benzene rings is 1. The van der Waals surface area contributed by atoms with Gasteiger partial charge >= 0.3 is 0 Å². The van der Waals surface area contributed by atoms with Crippen molar-refractivity contribution in [2.75, 3.05) is 19.8 Å². The van der Waals surface area contributed by atoms with Gasteiger partial charge in [0.05, 0.1) is 4.91 Å². The van der Waals surface area contributed by atoms with Gasteiger partial charge < -0.3 is 9.47 Å². The molecule has 0 spiro atoms. The van der Waals surface area contributed by atoms with Gasteiger partial charge in [0, 0.05) is 6.54 Å². The summed E-state index contributed by atoms with van der Waals surface area (Å²) in [5.41, 5.74) is 0.795. The first kappa shape index (κ1) is 13.8. The van der Waals surface area contributed by atoms with Crippen LogP contribution in [-0.2, 0) is 4.79 Å². The largest absolute Gasteiger partial charge is 0.486 e. The maximum atomic E-state index is 12.1. The van der Waals surface area contributed by atoms with E-state index in [1.807, 2.05) is 6.07 Å². The highest BCUT2D eigenvalue weighted by molar-refractivity contribution is 8.18. The van der Waals surface area contributed by atoms with Crippen molar-refractivity contribution < 1.29 is 19.1 Å². The van der Waals surface area contributed by atoms with E-state index in [-0.39, 0.29) is 17.7 Å². The van der Waals surface area contributed by atoms with Crippen molar-refractivity contribution >= 4 is 29.0 Å². The molecule has 2 heterocycles. The van der Waals surface area contributed by atoms with E-state index >= 15 is 0 Å². The van der Waals surface area contributed by atoms with Crippen LogP contribution in [0.2, 0.25) is 0 Å². The van der Waals surface area contributed by atoms with Crippen LogP contribution in [0.15, 0.2) is 35.8 Å². The van der Waals surface area contributed by atoms with E-state index in [0.29, 0.717) is 29.6 Å². The molecule has 5 nitrogen and oxygen atoms in total. The molecular weight excluding hydrogens is 290 g/mol. The fourth-order valence-corrected chi connectivity index (χ4v) is 2.94. The van der Waals surface area contributed by atoms with Crippen molar-refractivity contribution in [1.82, 2.24) is 4.90 Å². The lowest BCUT2D eigenvalue weighted by atomic mass is 10.1. The van der Waals surface area contributed by atoms with Crippen molar-refractivity contribution in [3.63, 3.8) is 0 Å². The Bertz CT molecular complexity index is 653. The van der Waals surface area contributed by atoms with E-state index in [0.717, 1.165) is 17.3 Å². The van der Waals surface area contributed by atoms with Crippen LogP contribution in [0.25, 0.3) is 6.08 Å². The number of carbonyl (C=O) groups excluding carboxylic acids is 2. The Kier molecular flexibility index (Phi) is 3.70. The minimum Gasteiger partial charge on any atom is -0.486 e. The summed E-state index contributed by atoms with van der Waals surface area (Å²) < 4.78 is 10.9. The molecule has 0 bridgehead atoms. The normalized spacial score (nSPS) is 19.2. The monoisotopic (exact) mass is 303 g/mol. The van der Waals surface area contributed by atoms with Gasteiger partial charge in [-0.2, -0.15) is 0 Å². The first-order valence-electron chi connectivity index (χ1n) is 6.45. The molecule has 3 rings (SSSR count). The maximum absolute atomic E-state index is 12.1. The number of hydrogen-bond acceptors (Lipinski definition) is 5. The smallest absolute Gasteiger partial charge is 0.293 e. The van der Waals surface area contributed by atoms with Crippen molar-refractivity contribution in [1.29, 1.82) is 0 Å². The van der Waals surface area contributed by atoms with Crippen LogP contribution in [0.3, 0.4) is 0 Å². The van der Waals surface area contributed by atoms with E-state index in [2.05, 4.69) is 6.58 Å². The summed E-state index contributed by atoms with van der Waals surface area (Å²) in [6.07, 6.45) is 3.22. The number of amides is 2. The molecule has 0 aliphatic carbocycles. The Labute approximate surface area is 126 Å². The van der Waals surface area contributed by atoms with Gasteiger partial charge in [-0.3, -0.25) is 14.5 Å². The molecule has 1 fully saturated rings. The number of thioether (sulfide) groups is 1. The molecule has 0 atom stereocenters. The summed E-state index contributed by atoms with van der Waals surface area (Å²) in [6, 6.07) is 5.43. The van der Waals surface area contributed by atoms with Crippen molar-refractivity contribution in [2.24, 2.45) is 0 Å². The Morgan fingerprint density at radius 3 is 2.76 bits per heavy atom. The SMILES string of the molecule is C=CCN1C(=O)S/C(=C\c2ccc3c(c2)OCCO3)C1=O. The van der Waals surface area contributed by atoms with Crippen molar-refractivity contribution in [3.05, 3.63) is 41.3 Å². The first-order valence-corrected chi connectivity index (χ1v) is 7.26. The first-order chi connectivity index (χ1) is 10.2. The average Bonchev–Trinajstić information content (AvgIpc) is 2.75. The number of hydrogen-bond donors (Lipinski definition) is 0. The van der Waals surface area contributed by atoms with Gasteiger partial charge in [0.1, 0.15) is 13.2 Å². The van der Waals surface area contributed by atoms with Crippen molar-refractivity contribution in [2.45, 2.75) is 0 Å². The lowest BCUT2D eigenvalue weighted by molar-refractivity contribution is -0.122. The number of rotatable bonds is 3. The Hall–Kier alpha value is -2.21. The molecule has 1 saturated heterocycles. The molecule has 0 radical (unpaired) electrons. The molecule has 1 aromatic carbocycles. The second-order valence-electron chi connectivity index (χ2n) is 4.48. The molecule has 108 valence electrons. The molecular formula is C15H13NO4S. The lowest BCUT2D eigenvalue weighted by Gasteiger charge is -2.18. The summed E-state index contributed by atoms with van der Waals surface area (Å²) >= 11 is 0.933. The van der Waals surface area contributed by atoms with Gasteiger partial charge in [0.15, 0.2) is 11.5 Å². The molecule has 0 aromatic heterocycles. The second-order valence-corrected chi connectivity index (χ2v) is 5.48. The van der Waals surface area contributed by atoms with Crippen LogP contribution in [0.5, 0.6) is 11.5 Å². The summed E-state index contributed by atoms with van der Waals surface area (Å²) in [7, 11) is 0. The zero-order valence-electron chi connectivity index (χ0n) is 11.2. The zero-order valence-corrected chi connectivity index (χ0v) is 12.0. The lowest BCUT2D eigenvalue weighted by Crippen LogP contribution is -2.27. The van der Waals surface area contributed by atoms with Gasteiger partial charge in [0.25, 0.3) is 11.1 Å². The molecule has 0 saturated carbocycles. The van der Waals surface area contributed by atoms with E-state index in [4.69, 9.17) is 9.47 Å². The number of ether oxygens (including phenoxy) is 2. The maximum Gasteiger partial charge on any atom is 0.293 e. The van der Waals surface area contributed by atoms with Crippen LogP contribution >= 0.6 is 11.8 Å². The Morgan fingerprint density at radius 2 is 2.00 bits per heavy atom. The fraction of sp³-hybridized carbons (Fsp3) is 0.200. The van der Waals surface area contributed by atoms with E-state index in [1.165, 1.54) is 11.0 Å². The minimum atomic E-state index is -0.292. The van der Waals surface area contributed by atoms with E-state index in [1.54, 1.807) is 18.2 Å². The van der Waals surface area contributed by atoms with Gasteiger partial charge in [-0.1, -0.05) is 12.1 Å². The van der Waals surface area contributed by atoms with Crippen LogP contribution in [0, 0.1) is 0 Å². The number of carbonyl (C=O) groups is 2. The zero-order chi connectivity index (χ0) is 14.8. The minimum absolute atomic E-state index is 0.225. The summed E-state index contributed by atoms with van der Waals surface area (Å²) in [6.45, 7) is 4.81. The molecule has 6 heteroatoms. The average molecular weight is 303 g/mol. The van der Waals surface area contributed by atoms with Crippen LogP contribution in [0.1, 0.15) is 5.56 Å².